The van der Waals surface area contributed by atoms with E-state index < -0.39 is 0 Å². The fraction of sp³-hybridized carbons (Fsp3) is 0.375. The molecule has 6 nitrogen and oxygen atoms in total. The molecule has 0 aliphatic heterocycles. The Morgan fingerprint density at radius 2 is 2.04 bits per heavy atom. The van der Waals surface area contributed by atoms with Crippen LogP contribution in [0, 0.1) is 6.92 Å². The van der Waals surface area contributed by atoms with Crippen molar-refractivity contribution in [3.63, 3.8) is 0 Å². The van der Waals surface area contributed by atoms with Gasteiger partial charge >= 0.3 is 0 Å². The number of nitrogens with zero attached hydrogens (tertiary/aromatic N) is 4. The molecule has 0 saturated heterocycles. The Hall–Kier alpha value is -2.28. The van der Waals surface area contributed by atoms with Crippen LogP contribution >= 0.6 is 11.3 Å². The van der Waals surface area contributed by atoms with E-state index in [-0.39, 0.29) is 12.0 Å². The Bertz CT molecular complexity index is 795. The van der Waals surface area contributed by atoms with Gasteiger partial charge in [0.25, 0.3) is 5.89 Å². The van der Waals surface area contributed by atoms with Crippen LogP contribution in [-0.2, 0) is 0 Å². The van der Waals surface area contributed by atoms with Gasteiger partial charge in [-0.3, -0.25) is 0 Å². The minimum Gasteiger partial charge on any atom is -0.361 e. The molecule has 7 heteroatoms. The monoisotopic (exact) mass is 329 g/mol. The molecule has 1 N–H and O–H groups in total. The Balaban J connectivity index is 1.79. The van der Waals surface area contributed by atoms with Crippen molar-refractivity contribution >= 4 is 17.2 Å². The molecule has 0 spiro atoms. The van der Waals surface area contributed by atoms with Gasteiger partial charge < -0.3 is 9.84 Å². The molecular weight excluding hydrogens is 310 g/mol. The number of nitrogens with one attached hydrogen (secondary N) is 1. The SMILES string of the molecule is Cc1cnc(C(C)Nc2cc(-c3nc(C(C)C)no3)ccn2)s1. The van der Waals surface area contributed by atoms with Crippen molar-refractivity contribution in [2.45, 2.75) is 39.7 Å². The maximum atomic E-state index is 5.33. The Kier molecular flexibility index (Phi) is 4.38. The van der Waals surface area contributed by atoms with E-state index in [2.05, 4.69) is 39.3 Å². The molecule has 0 amide bonds. The number of thiazole rings is 1. The Morgan fingerprint density at radius 1 is 1.22 bits per heavy atom. The third-order valence-corrected chi connectivity index (χ3v) is 4.43. The number of pyridine rings is 1. The molecule has 3 rings (SSSR count). The van der Waals surface area contributed by atoms with Gasteiger partial charge in [-0.15, -0.1) is 11.3 Å². The van der Waals surface area contributed by atoms with Crippen LogP contribution in [0.5, 0.6) is 0 Å². The average molecular weight is 329 g/mol. The number of aryl methyl sites for hydroxylation is 1. The van der Waals surface area contributed by atoms with Gasteiger partial charge in [0, 0.05) is 28.8 Å². The van der Waals surface area contributed by atoms with Crippen LogP contribution in [0.3, 0.4) is 0 Å². The first-order valence-corrected chi connectivity index (χ1v) is 8.33. The summed E-state index contributed by atoms with van der Waals surface area (Å²) in [6, 6.07) is 3.86. The van der Waals surface area contributed by atoms with Crippen LogP contribution in [0.15, 0.2) is 29.0 Å². The predicted octanol–water partition coefficient (Wildman–Crippen LogP) is 4.19. The van der Waals surface area contributed by atoms with E-state index in [9.17, 15) is 0 Å². The smallest absolute Gasteiger partial charge is 0.258 e. The predicted molar refractivity (Wildman–Crippen MR) is 90.5 cm³/mol. The van der Waals surface area contributed by atoms with E-state index >= 15 is 0 Å². The largest absolute Gasteiger partial charge is 0.361 e. The van der Waals surface area contributed by atoms with Crippen molar-refractivity contribution in [2.24, 2.45) is 0 Å². The molecule has 3 aromatic heterocycles. The van der Waals surface area contributed by atoms with E-state index in [1.165, 1.54) is 4.88 Å². The average Bonchev–Trinajstić information content (AvgIpc) is 3.16. The number of hydrogen-bond acceptors (Lipinski definition) is 7. The summed E-state index contributed by atoms with van der Waals surface area (Å²) in [4.78, 5) is 14.4. The van der Waals surface area contributed by atoms with Crippen LogP contribution in [0.4, 0.5) is 5.82 Å². The van der Waals surface area contributed by atoms with Crippen LogP contribution < -0.4 is 5.32 Å². The first-order chi connectivity index (χ1) is 11.0. The summed E-state index contributed by atoms with van der Waals surface area (Å²) in [5.41, 5.74) is 0.851. The standard InChI is InChI=1S/C16H19N5OS/c1-9(2)14-20-15(22-21-14)12-5-6-17-13(7-12)19-11(4)16-18-8-10(3)23-16/h5-9,11H,1-4H3,(H,17,19). The fourth-order valence-electron chi connectivity index (χ4n) is 2.09. The first kappa shape index (κ1) is 15.6. The number of rotatable bonds is 5. The lowest BCUT2D eigenvalue weighted by Crippen LogP contribution is -2.07. The molecule has 0 fully saturated rings. The summed E-state index contributed by atoms with van der Waals surface area (Å²) in [6.07, 6.45) is 3.62. The number of anilines is 1. The lowest BCUT2D eigenvalue weighted by atomic mass is 10.2. The van der Waals surface area contributed by atoms with Gasteiger partial charge in [0.2, 0.25) is 0 Å². The van der Waals surface area contributed by atoms with Crippen LogP contribution in [-0.4, -0.2) is 20.1 Å². The summed E-state index contributed by atoms with van der Waals surface area (Å²) in [7, 11) is 0. The molecule has 3 aromatic rings. The van der Waals surface area contributed by atoms with E-state index in [1.54, 1.807) is 17.5 Å². The van der Waals surface area contributed by atoms with Crippen molar-refractivity contribution in [1.29, 1.82) is 0 Å². The van der Waals surface area contributed by atoms with Gasteiger partial charge in [-0.1, -0.05) is 19.0 Å². The topological polar surface area (TPSA) is 76.7 Å². The van der Waals surface area contributed by atoms with Crippen molar-refractivity contribution in [3.8, 4) is 11.5 Å². The second kappa shape index (κ2) is 6.45. The number of hydrogen-bond donors (Lipinski definition) is 1. The Labute approximate surface area is 139 Å². The normalized spacial score (nSPS) is 12.6. The van der Waals surface area contributed by atoms with Gasteiger partial charge in [0.05, 0.1) is 6.04 Å². The van der Waals surface area contributed by atoms with Crippen molar-refractivity contribution in [3.05, 3.63) is 40.2 Å². The highest BCUT2D eigenvalue weighted by molar-refractivity contribution is 7.11. The minimum absolute atomic E-state index is 0.0883. The second-order valence-electron chi connectivity index (χ2n) is 5.72. The van der Waals surface area contributed by atoms with Gasteiger partial charge in [-0.2, -0.15) is 4.98 Å². The maximum Gasteiger partial charge on any atom is 0.258 e. The third-order valence-electron chi connectivity index (χ3n) is 3.34. The van der Waals surface area contributed by atoms with E-state index in [4.69, 9.17) is 4.52 Å². The summed E-state index contributed by atoms with van der Waals surface area (Å²) in [5, 5.41) is 8.39. The van der Waals surface area contributed by atoms with Crippen molar-refractivity contribution < 1.29 is 4.52 Å². The molecular formula is C16H19N5OS. The molecule has 0 bridgehead atoms. The molecule has 0 aliphatic rings. The highest BCUT2D eigenvalue weighted by Gasteiger charge is 2.14. The molecule has 0 aliphatic carbocycles. The van der Waals surface area contributed by atoms with Crippen LogP contribution in [0.25, 0.3) is 11.5 Å². The Morgan fingerprint density at radius 3 is 2.70 bits per heavy atom. The zero-order valence-corrected chi connectivity index (χ0v) is 14.4. The summed E-state index contributed by atoms with van der Waals surface area (Å²) < 4.78 is 5.33. The number of aromatic nitrogens is 4. The van der Waals surface area contributed by atoms with Gasteiger partial charge in [-0.25, -0.2) is 9.97 Å². The maximum absolute atomic E-state index is 5.33. The van der Waals surface area contributed by atoms with Crippen molar-refractivity contribution in [2.75, 3.05) is 5.32 Å². The lowest BCUT2D eigenvalue weighted by Gasteiger charge is -2.12. The highest BCUT2D eigenvalue weighted by Crippen LogP contribution is 2.25. The summed E-state index contributed by atoms with van der Waals surface area (Å²) in [5.74, 6) is 2.21. The lowest BCUT2D eigenvalue weighted by molar-refractivity contribution is 0.419. The molecule has 0 saturated carbocycles. The van der Waals surface area contributed by atoms with E-state index in [0.717, 1.165) is 16.4 Å². The minimum atomic E-state index is 0.0883. The van der Waals surface area contributed by atoms with Crippen LogP contribution in [0.1, 0.15) is 48.4 Å². The molecule has 23 heavy (non-hydrogen) atoms. The zero-order valence-electron chi connectivity index (χ0n) is 13.6. The molecule has 1 atom stereocenters. The van der Waals surface area contributed by atoms with Gasteiger partial charge in [0.15, 0.2) is 5.82 Å². The quantitative estimate of drug-likeness (QED) is 0.756. The third kappa shape index (κ3) is 3.56. The summed E-state index contributed by atoms with van der Waals surface area (Å²) >= 11 is 1.68. The van der Waals surface area contributed by atoms with Crippen LogP contribution in [0.2, 0.25) is 0 Å². The second-order valence-corrected chi connectivity index (χ2v) is 6.98. The molecule has 0 aromatic carbocycles. The van der Waals surface area contributed by atoms with E-state index in [0.29, 0.717) is 11.7 Å². The zero-order chi connectivity index (χ0) is 16.4. The molecule has 1 unspecified atom stereocenters. The molecule has 120 valence electrons. The van der Waals surface area contributed by atoms with Gasteiger partial charge in [0.1, 0.15) is 10.8 Å². The highest BCUT2D eigenvalue weighted by atomic mass is 32.1. The van der Waals surface area contributed by atoms with Crippen molar-refractivity contribution in [1.82, 2.24) is 20.1 Å². The summed E-state index contributed by atoms with van der Waals surface area (Å²) in [6.45, 7) is 8.18. The fourth-order valence-corrected chi connectivity index (χ4v) is 2.86. The molecule has 0 radical (unpaired) electrons. The van der Waals surface area contributed by atoms with E-state index in [1.807, 2.05) is 32.2 Å². The first-order valence-electron chi connectivity index (χ1n) is 7.52. The molecule has 3 heterocycles. The van der Waals surface area contributed by atoms with Gasteiger partial charge in [-0.05, 0) is 26.0 Å².